The maximum absolute atomic E-state index is 4.06. The SMILES string of the molecule is CN(C)CCCNCc1cccnc1. The first-order chi connectivity index (χ1) is 6.79. The van der Waals surface area contributed by atoms with E-state index in [1.165, 1.54) is 12.0 Å². The summed E-state index contributed by atoms with van der Waals surface area (Å²) in [7, 11) is 4.20. The lowest BCUT2D eigenvalue weighted by Gasteiger charge is -2.09. The number of hydrogen-bond donors (Lipinski definition) is 1. The quantitative estimate of drug-likeness (QED) is 0.686. The zero-order valence-corrected chi connectivity index (χ0v) is 9.03. The number of nitrogens with one attached hydrogen (secondary N) is 1. The van der Waals surface area contributed by atoms with E-state index in [4.69, 9.17) is 0 Å². The molecule has 0 aliphatic carbocycles. The Morgan fingerprint density at radius 3 is 2.93 bits per heavy atom. The van der Waals surface area contributed by atoms with Gasteiger partial charge < -0.3 is 10.2 Å². The standard InChI is InChI=1S/C11H19N3/c1-14(2)8-4-7-13-10-11-5-3-6-12-9-11/h3,5-6,9,13H,4,7-8,10H2,1-2H3. The Bertz CT molecular complexity index is 234. The van der Waals surface area contributed by atoms with Gasteiger partial charge in [0.1, 0.15) is 0 Å². The van der Waals surface area contributed by atoms with Gasteiger partial charge in [-0.3, -0.25) is 4.98 Å². The number of rotatable bonds is 6. The molecule has 0 saturated carbocycles. The topological polar surface area (TPSA) is 28.2 Å². The fourth-order valence-electron chi connectivity index (χ4n) is 1.26. The molecule has 0 aliphatic rings. The predicted octanol–water partition coefficient (Wildman–Crippen LogP) is 1.12. The van der Waals surface area contributed by atoms with Crippen molar-refractivity contribution in [2.45, 2.75) is 13.0 Å². The molecule has 1 heterocycles. The van der Waals surface area contributed by atoms with Crippen molar-refractivity contribution in [2.75, 3.05) is 27.2 Å². The Morgan fingerprint density at radius 2 is 2.29 bits per heavy atom. The molecule has 14 heavy (non-hydrogen) atoms. The molecule has 0 unspecified atom stereocenters. The summed E-state index contributed by atoms with van der Waals surface area (Å²) in [6.07, 6.45) is 4.89. The number of pyridine rings is 1. The number of aromatic nitrogens is 1. The highest BCUT2D eigenvalue weighted by atomic mass is 15.0. The summed E-state index contributed by atoms with van der Waals surface area (Å²) in [6, 6.07) is 4.06. The highest BCUT2D eigenvalue weighted by molar-refractivity contribution is 5.07. The van der Waals surface area contributed by atoms with Gasteiger partial charge in [-0.2, -0.15) is 0 Å². The molecule has 1 aromatic rings. The monoisotopic (exact) mass is 193 g/mol. The summed E-state index contributed by atoms with van der Waals surface area (Å²) in [4.78, 5) is 6.26. The number of hydrogen-bond acceptors (Lipinski definition) is 3. The molecule has 0 radical (unpaired) electrons. The van der Waals surface area contributed by atoms with Crippen molar-refractivity contribution in [1.82, 2.24) is 15.2 Å². The van der Waals surface area contributed by atoms with Gasteiger partial charge in [0.2, 0.25) is 0 Å². The van der Waals surface area contributed by atoms with Gasteiger partial charge in [-0.1, -0.05) is 6.07 Å². The summed E-state index contributed by atoms with van der Waals surface area (Å²) in [6.45, 7) is 3.12. The van der Waals surface area contributed by atoms with Crippen molar-refractivity contribution >= 4 is 0 Å². The summed E-state index contributed by atoms with van der Waals surface area (Å²) >= 11 is 0. The van der Waals surface area contributed by atoms with Crippen LogP contribution in [0.4, 0.5) is 0 Å². The second kappa shape index (κ2) is 6.51. The molecule has 78 valence electrons. The zero-order chi connectivity index (χ0) is 10.2. The minimum absolute atomic E-state index is 0.918. The molecular weight excluding hydrogens is 174 g/mol. The van der Waals surface area contributed by atoms with Crippen molar-refractivity contribution in [3.05, 3.63) is 30.1 Å². The lowest BCUT2D eigenvalue weighted by atomic mass is 10.3. The fraction of sp³-hybridized carbons (Fsp3) is 0.545. The third-order valence-corrected chi connectivity index (χ3v) is 2.01. The van der Waals surface area contributed by atoms with Crippen molar-refractivity contribution < 1.29 is 0 Å². The average Bonchev–Trinajstić information content (AvgIpc) is 2.18. The van der Waals surface area contributed by atoms with E-state index in [1.54, 1.807) is 6.20 Å². The van der Waals surface area contributed by atoms with Crippen LogP contribution in [0.1, 0.15) is 12.0 Å². The molecular formula is C11H19N3. The lowest BCUT2D eigenvalue weighted by Crippen LogP contribution is -2.20. The maximum atomic E-state index is 4.06. The molecule has 1 N–H and O–H groups in total. The van der Waals surface area contributed by atoms with Crippen LogP contribution >= 0.6 is 0 Å². The third-order valence-electron chi connectivity index (χ3n) is 2.01. The molecule has 3 heteroatoms. The summed E-state index contributed by atoms with van der Waals surface area (Å²) in [5, 5.41) is 3.39. The van der Waals surface area contributed by atoms with E-state index < -0.39 is 0 Å². The Labute approximate surface area is 86.2 Å². The first kappa shape index (κ1) is 11.1. The lowest BCUT2D eigenvalue weighted by molar-refractivity contribution is 0.394. The molecule has 3 nitrogen and oxygen atoms in total. The predicted molar refractivity (Wildman–Crippen MR) is 59.1 cm³/mol. The van der Waals surface area contributed by atoms with Crippen LogP contribution in [-0.2, 0) is 6.54 Å². The minimum Gasteiger partial charge on any atom is -0.313 e. The molecule has 0 aromatic carbocycles. The third kappa shape index (κ3) is 4.94. The van der Waals surface area contributed by atoms with E-state index in [2.05, 4.69) is 35.4 Å². The van der Waals surface area contributed by atoms with Crippen LogP contribution in [0.25, 0.3) is 0 Å². The van der Waals surface area contributed by atoms with Crippen molar-refractivity contribution in [3.8, 4) is 0 Å². The van der Waals surface area contributed by atoms with E-state index in [0.717, 1.165) is 19.6 Å². The molecule has 0 bridgehead atoms. The van der Waals surface area contributed by atoms with Gasteiger partial charge in [-0.15, -0.1) is 0 Å². The Kier molecular flexibility index (Phi) is 5.19. The molecule has 1 rings (SSSR count). The second-order valence-corrected chi connectivity index (χ2v) is 3.69. The minimum atomic E-state index is 0.918. The zero-order valence-electron chi connectivity index (χ0n) is 9.03. The first-order valence-electron chi connectivity index (χ1n) is 5.03. The number of nitrogens with zero attached hydrogens (tertiary/aromatic N) is 2. The van der Waals surface area contributed by atoms with E-state index >= 15 is 0 Å². The van der Waals surface area contributed by atoms with Crippen LogP contribution in [0.3, 0.4) is 0 Å². The van der Waals surface area contributed by atoms with E-state index in [1.807, 2.05) is 12.3 Å². The van der Waals surface area contributed by atoms with Gasteiger partial charge in [0.25, 0.3) is 0 Å². The second-order valence-electron chi connectivity index (χ2n) is 3.69. The maximum Gasteiger partial charge on any atom is 0.0312 e. The van der Waals surface area contributed by atoms with Crippen LogP contribution in [-0.4, -0.2) is 37.1 Å². The Morgan fingerprint density at radius 1 is 1.43 bits per heavy atom. The summed E-state index contributed by atoms with van der Waals surface area (Å²) in [5.74, 6) is 0. The molecule has 0 atom stereocenters. The van der Waals surface area contributed by atoms with Gasteiger partial charge in [0.15, 0.2) is 0 Å². The molecule has 0 aliphatic heterocycles. The van der Waals surface area contributed by atoms with Gasteiger partial charge in [0.05, 0.1) is 0 Å². The smallest absolute Gasteiger partial charge is 0.0312 e. The van der Waals surface area contributed by atoms with Gasteiger partial charge in [-0.25, -0.2) is 0 Å². The van der Waals surface area contributed by atoms with Crippen molar-refractivity contribution in [3.63, 3.8) is 0 Å². The van der Waals surface area contributed by atoms with Crippen LogP contribution in [0.5, 0.6) is 0 Å². The molecule has 0 saturated heterocycles. The van der Waals surface area contributed by atoms with E-state index in [0.29, 0.717) is 0 Å². The average molecular weight is 193 g/mol. The Balaban J connectivity index is 2.05. The first-order valence-corrected chi connectivity index (χ1v) is 5.03. The highest BCUT2D eigenvalue weighted by Crippen LogP contribution is 1.94. The fourth-order valence-corrected chi connectivity index (χ4v) is 1.26. The van der Waals surface area contributed by atoms with Gasteiger partial charge >= 0.3 is 0 Å². The van der Waals surface area contributed by atoms with Crippen molar-refractivity contribution in [1.29, 1.82) is 0 Å². The van der Waals surface area contributed by atoms with Gasteiger partial charge in [-0.05, 0) is 45.2 Å². The van der Waals surface area contributed by atoms with E-state index in [-0.39, 0.29) is 0 Å². The van der Waals surface area contributed by atoms with Crippen molar-refractivity contribution in [2.24, 2.45) is 0 Å². The normalized spacial score (nSPS) is 10.8. The van der Waals surface area contributed by atoms with Crippen LogP contribution < -0.4 is 5.32 Å². The van der Waals surface area contributed by atoms with E-state index in [9.17, 15) is 0 Å². The van der Waals surface area contributed by atoms with Gasteiger partial charge in [0, 0.05) is 18.9 Å². The van der Waals surface area contributed by atoms with Crippen LogP contribution in [0, 0.1) is 0 Å². The molecule has 0 fully saturated rings. The largest absolute Gasteiger partial charge is 0.313 e. The molecule has 0 spiro atoms. The Hall–Kier alpha value is -0.930. The molecule has 1 aromatic heterocycles. The summed E-state index contributed by atoms with van der Waals surface area (Å²) in [5.41, 5.74) is 1.25. The van der Waals surface area contributed by atoms with Crippen LogP contribution in [0.2, 0.25) is 0 Å². The highest BCUT2D eigenvalue weighted by Gasteiger charge is 1.92. The summed E-state index contributed by atoms with van der Waals surface area (Å²) < 4.78 is 0. The van der Waals surface area contributed by atoms with Crippen LogP contribution in [0.15, 0.2) is 24.5 Å². The molecule has 0 amide bonds.